The van der Waals surface area contributed by atoms with Crippen molar-refractivity contribution in [3.05, 3.63) is 51.2 Å². The zero-order valence-electron chi connectivity index (χ0n) is 11.2. The molecule has 1 heterocycles. The van der Waals surface area contributed by atoms with Crippen molar-refractivity contribution in [2.75, 3.05) is 6.61 Å². The summed E-state index contributed by atoms with van der Waals surface area (Å²) in [6.45, 7) is 2.53. The molecule has 3 aromatic rings. The first kappa shape index (κ1) is 14.4. The van der Waals surface area contributed by atoms with E-state index >= 15 is 0 Å². The number of hydrogen-bond donors (Lipinski definition) is 1. The number of H-pyrrole nitrogens is 1. The van der Waals surface area contributed by atoms with Gasteiger partial charge in [-0.1, -0.05) is 35.3 Å². The number of imidazole rings is 1. The molecule has 2 aromatic carbocycles. The molecular formula is C15H12Cl2N2OS. The molecule has 0 atom stereocenters. The zero-order valence-corrected chi connectivity index (χ0v) is 13.5. The second kappa shape index (κ2) is 5.72. The molecule has 0 bridgehead atoms. The van der Waals surface area contributed by atoms with E-state index in [-0.39, 0.29) is 0 Å². The molecule has 1 N–H and O–H groups in total. The molecule has 108 valence electrons. The molecule has 0 unspecified atom stereocenters. The fraction of sp³-hybridized carbons (Fsp3) is 0.133. The molecule has 0 aliphatic carbocycles. The normalized spacial score (nSPS) is 11.0. The summed E-state index contributed by atoms with van der Waals surface area (Å²) in [5.41, 5.74) is 2.57. The van der Waals surface area contributed by atoms with Crippen LogP contribution < -0.4 is 4.74 Å². The molecule has 0 saturated carbocycles. The molecule has 0 aliphatic rings. The van der Waals surface area contributed by atoms with Crippen molar-refractivity contribution in [2.45, 2.75) is 6.92 Å². The quantitative estimate of drug-likeness (QED) is 0.648. The second-order valence-corrected chi connectivity index (χ2v) is 5.65. The summed E-state index contributed by atoms with van der Waals surface area (Å²) in [6, 6.07) is 11.3. The molecule has 3 nitrogen and oxygen atoms in total. The molecule has 1 aromatic heterocycles. The van der Waals surface area contributed by atoms with E-state index in [2.05, 4.69) is 4.98 Å². The smallest absolute Gasteiger partial charge is 0.182 e. The Hall–Kier alpha value is -1.49. The van der Waals surface area contributed by atoms with Crippen LogP contribution in [0.3, 0.4) is 0 Å². The fourth-order valence-corrected chi connectivity index (χ4v) is 2.89. The standard InChI is InChI=1S/C15H12Cl2N2OS/c1-2-20-14-6-4-3-5-12(14)19-13-8-10(17)9(16)7-11(13)18-15(19)21/h3-8H,2H2,1H3,(H,18,21). The fourth-order valence-electron chi connectivity index (χ4n) is 2.26. The zero-order chi connectivity index (χ0) is 15.0. The highest BCUT2D eigenvalue weighted by Gasteiger charge is 2.13. The highest BCUT2D eigenvalue weighted by Crippen LogP contribution is 2.31. The lowest BCUT2D eigenvalue weighted by Crippen LogP contribution is -2.00. The van der Waals surface area contributed by atoms with Crippen LogP contribution in [0.15, 0.2) is 36.4 Å². The Morgan fingerprint density at radius 2 is 1.90 bits per heavy atom. The van der Waals surface area contributed by atoms with Crippen LogP contribution >= 0.6 is 35.4 Å². The van der Waals surface area contributed by atoms with Crippen LogP contribution in [-0.2, 0) is 0 Å². The van der Waals surface area contributed by atoms with E-state index in [4.69, 9.17) is 40.2 Å². The first-order valence-electron chi connectivity index (χ1n) is 6.43. The maximum Gasteiger partial charge on any atom is 0.182 e. The van der Waals surface area contributed by atoms with Gasteiger partial charge in [0.25, 0.3) is 0 Å². The van der Waals surface area contributed by atoms with Crippen molar-refractivity contribution in [1.82, 2.24) is 9.55 Å². The van der Waals surface area contributed by atoms with Gasteiger partial charge in [0, 0.05) is 0 Å². The number of nitrogens with zero attached hydrogens (tertiary/aromatic N) is 1. The number of rotatable bonds is 3. The average molecular weight is 339 g/mol. The third-order valence-corrected chi connectivity index (χ3v) is 4.14. The van der Waals surface area contributed by atoms with E-state index in [1.54, 1.807) is 12.1 Å². The minimum Gasteiger partial charge on any atom is -0.492 e. The van der Waals surface area contributed by atoms with E-state index in [1.165, 1.54) is 0 Å². The largest absolute Gasteiger partial charge is 0.492 e. The van der Waals surface area contributed by atoms with Gasteiger partial charge in [0.2, 0.25) is 0 Å². The number of para-hydroxylation sites is 2. The van der Waals surface area contributed by atoms with Gasteiger partial charge in [0.15, 0.2) is 4.77 Å². The van der Waals surface area contributed by atoms with Gasteiger partial charge in [-0.3, -0.25) is 4.57 Å². The summed E-state index contributed by atoms with van der Waals surface area (Å²) in [7, 11) is 0. The lowest BCUT2D eigenvalue weighted by atomic mass is 10.2. The Kier molecular flexibility index (Phi) is 3.93. The van der Waals surface area contributed by atoms with Crippen molar-refractivity contribution in [2.24, 2.45) is 0 Å². The summed E-state index contributed by atoms with van der Waals surface area (Å²) in [5, 5.41) is 0.978. The van der Waals surface area contributed by atoms with Crippen LogP contribution in [0.5, 0.6) is 5.75 Å². The van der Waals surface area contributed by atoms with Gasteiger partial charge in [-0.05, 0) is 43.4 Å². The first-order chi connectivity index (χ1) is 10.1. The number of halogens is 2. The maximum absolute atomic E-state index is 6.13. The number of fused-ring (bicyclic) bond motifs is 1. The van der Waals surface area contributed by atoms with Crippen molar-refractivity contribution in [3.63, 3.8) is 0 Å². The van der Waals surface area contributed by atoms with E-state index < -0.39 is 0 Å². The molecule has 0 saturated heterocycles. The lowest BCUT2D eigenvalue weighted by Gasteiger charge is -2.11. The molecule has 6 heteroatoms. The van der Waals surface area contributed by atoms with Gasteiger partial charge in [-0.25, -0.2) is 0 Å². The van der Waals surface area contributed by atoms with Crippen molar-refractivity contribution < 1.29 is 4.74 Å². The number of benzene rings is 2. The number of nitrogens with one attached hydrogen (secondary N) is 1. The molecule has 21 heavy (non-hydrogen) atoms. The summed E-state index contributed by atoms with van der Waals surface area (Å²) < 4.78 is 8.14. The van der Waals surface area contributed by atoms with Crippen molar-refractivity contribution in [3.8, 4) is 11.4 Å². The number of ether oxygens (including phenoxy) is 1. The Morgan fingerprint density at radius 1 is 1.19 bits per heavy atom. The van der Waals surface area contributed by atoms with Gasteiger partial charge in [0.1, 0.15) is 5.75 Å². The van der Waals surface area contributed by atoms with Crippen molar-refractivity contribution >= 4 is 46.5 Å². The minimum absolute atomic E-state index is 0.487. The topological polar surface area (TPSA) is 29.9 Å². The third-order valence-electron chi connectivity index (χ3n) is 3.13. The monoisotopic (exact) mass is 338 g/mol. The van der Waals surface area contributed by atoms with Gasteiger partial charge in [0.05, 0.1) is 33.4 Å². The summed E-state index contributed by atoms with van der Waals surface area (Å²) in [4.78, 5) is 3.14. The molecule has 0 radical (unpaired) electrons. The van der Waals surface area contributed by atoms with Gasteiger partial charge >= 0.3 is 0 Å². The molecule has 0 fully saturated rings. The predicted molar refractivity (Wildman–Crippen MR) is 89.6 cm³/mol. The Balaban J connectivity index is 2.33. The van der Waals surface area contributed by atoms with E-state index in [0.29, 0.717) is 21.4 Å². The predicted octanol–water partition coefficient (Wildman–Crippen LogP) is 5.39. The van der Waals surface area contributed by atoms with E-state index in [1.807, 2.05) is 35.8 Å². The number of aromatic nitrogens is 2. The first-order valence-corrected chi connectivity index (χ1v) is 7.60. The second-order valence-electron chi connectivity index (χ2n) is 4.45. The van der Waals surface area contributed by atoms with Crippen LogP contribution in [-0.4, -0.2) is 16.2 Å². The summed E-state index contributed by atoms with van der Waals surface area (Å²) in [5.74, 6) is 0.767. The molecular weight excluding hydrogens is 327 g/mol. The van der Waals surface area contributed by atoms with E-state index in [9.17, 15) is 0 Å². The summed E-state index contributed by atoms with van der Waals surface area (Å²) >= 11 is 17.6. The summed E-state index contributed by atoms with van der Waals surface area (Å²) in [6.07, 6.45) is 0. The number of hydrogen-bond acceptors (Lipinski definition) is 2. The van der Waals surface area contributed by atoms with Crippen LogP contribution in [0.2, 0.25) is 10.0 Å². The molecule has 0 spiro atoms. The Bertz CT molecular complexity index is 870. The average Bonchev–Trinajstić information content (AvgIpc) is 2.76. The van der Waals surface area contributed by atoms with Crippen LogP contribution in [0.1, 0.15) is 6.92 Å². The van der Waals surface area contributed by atoms with Crippen LogP contribution in [0.4, 0.5) is 0 Å². The third kappa shape index (κ3) is 2.55. The highest BCUT2D eigenvalue weighted by atomic mass is 35.5. The Morgan fingerprint density at radius 3 is 2.67 bits per heavy atom. The SMILES string of the molecule is CCOc1ccccc1-n1c(=S)[nH]c2cc(Cl)c(Cl)cc21. The Labute approximate surface area is 137 Å². The number of aromatic amines is 1. The van der Waals surface area contributed by atoms with Gasteiger partial charge < -0.3 is 9.72 Å². The van der Waals surface area contributed by atoms with Gasteiger partial charge in [-0.2, -0.15) is 0 Å². The van der Waals surface area contributed by atoms with Crippen LogP contribution in [0.25, 0.3) is 16.7 Å². The molecule has 0 amide bonds. The molecule has 0 aliphatic heterocycles. The minimum atomic E-state index is 0.487. The van der Waals surface area contributed by atoms with Crippen molar-refractivity contribution in [1.29, 1.82) is 0 Å². The maximum atomic E-state index is 6.13. The lowest BCUT2D eigenvalue weighted by molar-refractivity contribution is 0.339. The van der Waals surface area contributed by atoms with Gasteiger partial charge in [-0.15, -0.1) is 0 Å². The van der Waals surface area contributed by atoms with Crippen LogP contribution in [0, 0.1) is 4.77 Å². The molecule has 3 rings (SSSR count). The van der Waals surface area contributed by atoms with E-state index in [0.717, 1.165) is 22.5 Å². The highest BCUT2D eigenvalue weighted by molar-refractivity contribution is 7.71.